The van der Waals surface area contributed by atoms with Gasteiger partial charge in [0.15, 0.2) is 0 Å². The van der Waals surface area contributed by atoms with Crippen molar-refractivity contribution >= 4 is 31.9 Å². The third-order valence-corrected chi connectivity index (χ3v) is 4.24. The number of hydrazine groups is 1. The molecule has 0 aliphatic heterocycles. The van der Waals surface area contributed by atoms with Crippen molar-refractivity contribution in [1.82, 2.24) is 5.43 Å². The third-order valence-electron chi connectivity index (χ3n) is 3.06. The molecule has 2 aromatic rings. The molecular formula is C15H16Br2N2. The van der Waals surface area contributed by atoms with Crippen LogP contribution >= 0.6 is 31.9 Å². The van der Waals surface area contributed by atoms with Crippen LogP contribution in [0.25, 0.3) is 0 Å². The number of halogens is 2. The van der Waals surface area contributed by atoms with Crippen LogP contribution in [-0.2, 0) is 6.42 Å². The average Bonchev–Trinajstić information content (AvgIpc) is 2.37. The Balaban J connectivity index is 2.25. The number of nitrogens with two attached hydrogens (primary N) is 1. The van der Waals surface area contributed by atoms with E-state index in [0.29, 0.717) is 0 Å². The van der Waals surface area contributed by atoms with E-state index in [-0.39, 0.29) is 6.04 Å². The average molecular weight is 384 g/mol. The van der Waals surface area contributed by atoms with Gasteiger partial charge in [0.2, 0.25) is 0 Å². The Hall–Kier alpha value is -0.680. The van der Waals surface area contributed by atoms with E-state index in [9.17, 15) is 0 Å². The molecule has 0 aliphatic carbocycles. The predicted molar refractivity (Wildman–Crippen MR) is 86.8 cm³/mol. The molecule has 3 N–H and O–H groups in total. The van der Waals surface area contributed by atoms with Crippen molar-refractivity contribution in [3.05, 3.63) is 68.1 Å². The van der Waals surface area contributed by atoms with E-state index in [4.69, 9.17) is 5.84 Å². The second-order valence-electron chi connectivity index (χ2n) is 4.58. The van der Waals surface area contributed by atoms with E-state index >= 15 is 0 Å². The first-order chi connectivity index (χ1) is 9.10. The van der Waals surface area contributed by atoms with Crippen LogP contribution in [0.5, 0.6) is 0 Å². The van der Waals surface area contributed by atoms with Gasteiger partial charge < -0.3 is 0 Å². The van der Waals surface area contributed by atoms with Gasteiger partial charge in [-0.25, -0.2) is 0 Å². The molecule has 19 heavy (non-hydrogen) atoms. The fraction of sp³-hybridized carbons (Fsp3) is 0.200. The van der Waals surface area contributed by atoms with Crippen LogP contribution in [0, 0.1) is 6.92 Å². The van der Waals surface area contributed by atoms with Crippen LogP contribution in [0.15, 0.2) is 51.4 Å². The standard InChI is InChI=1S/C15H16Br2N2/c1-10-5-6-13(14(17)7-10)15(19-18)9-11-3-2-4-12(16)8-11/h2-8,15,19H,9,18H2,1H3. The summed E-state index contributed by atoms with van der Waals surface area (Å²) in [5, 5.41) is 0. The summed E-state index contributed by atoms with van der Waals surface area (Å²) < 4.78 is 2.18. The molecule has 2 aromatic carbocycles. The molecule has 0 aromatic heterocycles. The molecule has 0 radical (unpaired) electrons. The highest BCUT2D eigenvalue weighted by molar-refractivity contribution is 9.10. The van der Waals surface area contributed by atoms with Gasteiger partial charge >= 0.3 is 0 Å². The Morgan fingerprint density at radius 2 is 1.95 bits per heavy atom. The lowest BCUT2D eigenvalue weighted by molar-refractivity contribution is 0.550. The summed E-state index contributed by atoms with van der Waals surface area (Å²) in [5.74, 6) is 5.72. The molecule has 100 valence electrons. The molecule has 0 aliphatic rings. The lowest BCUT2D eigenvalue weighted by atomic mass is 9.98. The highest BCUT2D eigenvalue weighted by Crippen LogP contribution is 2.27. The lowest BCUT2D eigenvalue weighted by Crippen LogP contribution is -2.29. The second kappa shape index (κ2) is 6.66. The van der Waals surface area contributed by atoms with Gasteiger partial charge in [0.1, 0.15) is 0 Å². The summed E-state index contributed by atoms with van der Waals surface area (Å²) in [4.78, 5) is 0. The van der Waals surface area contributed by atoms with Gasteiger partial charge in [0.25, 0.3) is 0 Å². The third kappa shape index (κ3) is 3.89. The molecule has 0 heterocycles. The van der Waals surface area contributed by atoms with E-state index in [1.807, 2.05) is 12.1 Å². The number of benzene rings is 2. The fourth-order valence-corrected chi connectivity index (χ4v) is 3.29. The van der Waals surface area contributed by atoms with Crippen LogP contribution in [-0.4, -0.2) is 0 Å². The lowest BCUT2D eigenvalue weighted by Gasteiger charge is -2.18. The number of hydrogen-bond acceptors (Lipinski definition) is 2. The fourth-order valence-electron chi connectivity index (χ4n) is 2.07. The van der Waals surface area contributed by atoms with Gasteiger partial charge in [-0.1, -0.05) is 56.1 Å². The Morgan fingerprint density at radius 1 is 1.16 bits per heavy atom. The van der Waals surface area contributed by atoms with Crippen molar-refractivity contribution in [3.8, 4) is 0 Å². The van der Waals surface area contributed by atoms with Gasteiger partial charge in [-0.15, -0.1) is 0 Å². The minimum Gasteiger partial charge on any atom is -0.271 e. The zero-order valence-electron chi connectivity index (χ0n) is 10.7. The predicted octanol–water partition coefficient (Wildman–Crippen LogP) is 4.27. The Morgan fingerprint density at radius 3 is 2.58 bits per heavy atom. The Bertz CT molecular complexity index is 570. The van der Waals surface area contributed by atoms with E-state index < -0.39 is 0 Å². The highest BCUT2D eigenvalue weighted by Gasteiger charge is 2.13. The number of aryl methyl sites for hydroxylation is 1. The van der Waals surface area contributed by atoms with E-state index in [1.54, 1.807) is 0 Å². The largest absolute Gasteiger partial charge is 0.271 e. The quantitative estimate of drug-likeness (QED) is 0.611. The molecule has 0 saturated carbocycles. The summed E-state index contributed by atoms with van der Waals surface area (Å²) >= 11 is 7.10. The van der Waals surface area contributed by atoms with Crippen molar-refractivity contribution in [3.63, 3.8) is 0 Å². The van der Waals surface area contributed by atoms with Crippen molar-refractivity contribution < 1.29 is 0 Å². The topological polar surface area (TPSA) is 38.0 Å². The van der Waals surface area contributed by atoms with Crippen molar-refractivity contribution in [2.24, 2.45) is 5.84 Å². The molecule has 0 saturated heterocycles. The Labute approximate surface area is 130 Å². The maximum absolute atomic E-state index is 5.72. The van der Waals surface area contributed by atoms with Crippen LogP contribution < -0.4 is 11.3 Å². The van der Waals surface area contributed by atoms with Crippen molar-refractivity contribution in [2.45, 2.75) is 19.4 Å². The molecule has 4 heteroatoms. The van der Waals surface area contributed by atoms with Crippen molar-refractivity contribution in [2.75, 3.05) is 0 Å². The van der Waals surface area contributed by atoms with Gasteiger partial charge in [0.05, 0.1) is 6.04 Å². The molecule has 2 nitrogen and oxygen atoms in total. The van der Waals surface area contributed by atoms with Gasteiger partial charge in [-0.05, 0) is 48.2 Å². The molecule has 0 bridgehead atoms. The molecule has 0 fully saturated rings. The van der Waals surface area contributed by atoms with E-state index in [0.717, 1.165) is 15.4 Å². The van der Waals surface area contributed by atoms with Gasteiger partial charge in [-0.3, -0.25) is 11.3 Å². The summed E-state index contributed by atoms with van der Waals surface area (Å²) in [6.07, 6.45) is 0.845. The monoisotopic (exact) mass is 382 g/mol. The molecule has 0 spiro atoms. The molecule has 1 unspecified atom stereocenters. The van der Waals surface area contributed by atoms with Gasteiger partial charge in [0, 0.05) is 8.95 Å². The van der Waals surface area contributed by atoms with Crippen LogP contribution in [0.2, 0.25) is 0 Å². The number of nitrogens with one attached hydrogen (secondary N) is 1. The number of rotatable bonds is 4. The van der Waals surface area contributed by atoms with Crippen molar-refractivity contribution in [1.29, 1.82) is 0 Å². The maximum Gasteiger partial charge on any atom is 0.0511 e. The SMILES string of the molecule is Cc1ccc(C(Cc2cccc(Br)c2)NN)c(Br)c1. The summed E-state index contributed by atoms with van der Waals surface area (Å²) in [6, 6.07) is 14.7. The zero-order valence-corrected chi connectivity index (χ0v) is 13.8. The first kappa shape index (κ1) is 14.7. The summed E-state index contributed by atoms with van der Waals surface area (Å²) in [5.41, 5.74) is 6.55. The van der Waals surface area contributed by atoms with Gasteiger partial charge in [-0.2, -0.15) is 0 Å². The van der Waals surface area contributed by atoms with Crippen LogP contribution in [0.3, 0.4) is 0 Å². The molecular weight excluding hydrogens is 368 g/mol. The smallest absolute Gasteiger partial charge is 0.0511 e. The molecule has 2 rings (SSSR count). The maximum atomic E-state index is 5.72. The first-order valence-electron chi connectivity index (χ1n) is 6.07. The second-order valence-corrected chi connectivity index (χ2v) is 6.35. The van der Waals surface area contributed by atoms with Crippen LogP contribution in [0.4, 0.5) is 0 Å². The van der Waals surface area contributed by atoms with Crippen LogP contribution in [0.1, 0.15) is 22.7 Å². The first-order valence-corrected chi connectivity index (χ1v) is 7.65. The number of hydrogen-bond donors (Lipinski definition) is 2. The van der Waals surface area contributed by atoms with E-state index in [1.165, 1.54) is 16.7 Å². The normalized spacial score (nSPS) is 12.4. The highest BCUT2D eigenvalue weighted by atomic mass is 79.9. The minimum absolute atomic E-state index is 0.0873. The summed E-state index contributed by atoms with van der Waals surface area (Å²) in [7, 11) is 0. The minimum atomic E-state index is 0.0873. The molecule has 0 amide bonds. The zero-order chi connectivity index (χ0) is 13.8. The van der Waals surface area contributed by atoms with E-state index in [2.05, 4.69) is 74.5 Å². The summed E-state index contributed by atoms with van der Waals surface area (Å²) in [6.45, 7) is 2.08. The Kier molecular flexibility index (Phi) is 5.16. The molecule has 1 atom stereocenters.